The van der Waals surface area contributed by atoms with Gasteiger partial charge in [-0.25, -0.2) is 0 Å². The van der Waals surface area contributed by atoms with Crippen LogP contribution in [-0.2, 0) is 9.47 Å². The molecule has 0 N–H and O–H groups in total. The molecule has 0 saturated carbocycles. The van der Waals surface area contributed by atoms with Crippen molar-refractivity contribution in [3.8, 4) is 5.75 Å². The Bertz CT molecular complexity index is 369. The van der Waals surface area contributed by atoms with Crippen LogP contribution in [0, 0.1) is 0 Å². The van der Waals surface area contributed by atoms with E-state index in [1.54, 1.807) is 18.2 Å². The predicted molar refractivity (Wildman–Crippen MR) is 66.9 cm³/mol. The molecule has 0 unspecified atom stereocenters. The summed E-state index contributed by atoms with van der Waals surface area (Å²) >= 11 is 11.7. The molecule has 1 aromatic carbocycles. The van der Waals surface area contributed by atoms with Gasteiger partial charge in [-0.15, -0.1) is 0 Å². The average molecular weight is 277 g/mol. The summed E-state index contributed by atoms with van der Waals surface area (Å²) in [6.45, 7) is 3.68. The molecule has 0 aliphatic carbocycles. The molecule has 0 atom stereocenters. The number of hydrogen-bond acceptors (Lipinski definition) is 3. The van der Waals surface area contributed by atoms with Crippen LogP contribution < -0.4 is 4.74 Å². The van der Waals surface area contributed by atoms with Crippen LogP contribution >= 0.6 is 23.2 Å². The van der Waals surface area contributed by atoms with Gasteiger partial charge in [-0.2, -0.15) is 0 Å². The smallest absolute Gasteiger partial charge is 0.168 e. The SMILES string of the molecule is CC1(CCOc2cc(Cl)cc(Cl)c2)OCCO1. The molecule has 17 heavy (non-hydrogen) atoms. The van der Waals surface area contributed by atoms with E-state index in [9.17, 15) is 0 Å². The second-order valence-corrected chi connectivity index (χ2v) is 4.91. The minimum absolute atomic E-state index is 0.493. The van der Waals surface area contributed by atoms with E-state index in [1.807, 2.05) is 6.92 Å². The Balaban J connectivity index is 1.85. The van der Waals surface area contributed by atoms with Gasteiger partial charge in [0.05, 0.1) is 19.8 Å². The van der Waals surface area contributed by atoms with Gasteiger partial charge in [0.2, 0.25) is 0 Å². The predicted octanol–water partition coefficient (Wildman–Crippen LogP) is 3.53. The first-order valence-corrected chi connectivity index (χ1v) is 6.20. The highest BCUT2D eigenvalue weighted by molar-refractivity contribution is 6.34. The maximum absolute atomic E-state index is 5.87. The summed E-state index contributed by atoms with van der Waals surface area (Å²) in [6.07, 6.45) is 0.664. The van der Waals surface area contributed by atoms with Gasteiger partial charge >= 0.3 is 0 Å². The number of halogens is 2. The summed E-state index contributed by atoms with van der Waals surface area (Å²) < 4.78 is 16.5. The van der Waals surface area contributed by atoms with Crippen molar-refractivity contribution >= 4 is 23.2 Å². The summed E-state index contributed by atoms with van der Waals surface area (Å²) in [5.74, 6) is 0.131. The molecule has 2 rings (SSSR count). The van der Waals surface area contributed by atoms with Crippen LogP contribution in [0.15, 0.2) is 18.2 Å². The molecule has 1 aliphatic rings. The fourth-order valence-corrected chi connectivity index (χ4v) is 2.17. The lowest BCUT2D eigenvalue weighted by Gasteiger charge is -2.22. The Kier molecular flexibility index (Phi) is 4.15. The zero-order valence-electron chi connectivity index (χ0n) is 9.54. The molecule has 3 nitrogen and oxygen atoms in total. The maximum Gasteiger partial charge on any atom is 0.168 e. The van der Waals surface area contributed by atoms with Crippen molar-refractivity contribution in [3.05, 3.63) is 28.2 Å². The Morgan fingerprint density at radius 1 is 1.18 bits per heavy atom. The molecular formula is C12H14Cl2O3. The summed E-state index contributed by atoms with van der Waals surface area (Å²) in [5, 5.41) is 1.12. The minimum Gasteiger partial charge on any atom is -0.493 e. The molecule has 1 heterocycles. The minimum atomic E-state index is -0.525. The normalized spacial score (nSPS) is 18.3. The van der Waals surface area contributed by atoms with Gasteiger partial charge < -0.3 is 14.2 Å². The zero-order valence-corrected chi connectivity index (χ0v) is 11.1. The zero-order chi connectivity index (χ0) is 12.3. The Morgan fingerprint density at radius 2 is 1.76 bits per heavy atom. The van der Waals surface area contributed by atoms with Gasteiger partial charge in [-0.05, 0) is 25.1 Å². The third kappa shape index (κ3) is 3.75. The van der Waals surface area contributed by atoms with E-state index >= 15 is 0 Å². The van der Waals surface area contributed by atoms with Gasteiger partial charge in [0.15, 0.2) is 5.79 Å². The summed E-state index contributed by atoms with van der Waals surface area (Å²) in [7, 11) is 0. The highest BCUT2D eigenvalue weighted by Gasteiger charge is 2.30. The second-order valence-electron chi connectivity index (χ2n) is 4.03. The lowest BCUT2D eigenvalue weighted by molar-refractivity contribution is -0.150. The number of ether oxygens (including phenoxy) is 3. The van der Waals surface area contributed by atoms with Gasteiger partial charge in [0, 0.05) is 16.5 Å². The molecule has 0 radical (unpaired) electrons. The molecule has 1 aliphatic heterocycles. The molecule has 1 fully saturated rings. The quantitative estimate of drug-likeness (QED) is 0.842. The van der Waals surface area contributed by atoms with Crippen molar-refractivity contribution in [2.75, 3.05) is 19.8 Å². The molecule has 0 bridgehead atoms. The Labute approximate surface area is 111 Å². The Morgan fingerprint density at radius 3 is 2.35 bits per heavy atom. The third-order valence-electron chi connectivity index (χ3n) is 2.56. The van der Waals surface area contributed by atoms with Crippen LogP contribution in [0.3, 0.4) is 0 Å². The van der Waals surface area contributed by atoms with Gasteiger partial charge in [-0.3, -0.25) is 0 Å². The van der Waals surface area contributed by atoms with Crippen LogP contribution in [0.2, 0.25) is 10.0 Å². The van der Waals surface area contributed by atoms with E-state index in [1.165, 1.54) is 0 Å². The van der Waals surface area contributed by atoms with Crippen LogP contribution in [0.5, 0.6) is 5.75 Å². The van der Waals surface area contributed by atoms with Crippen molar-refractivity contribution in [1.29, 1.82) is 0 Å². The molecular weight excluding hydrogens is 263 g/mol. The lowest BCUT2D eigenvalue weighted by atomic mass is 10.2. The third-order valence-corrected chi connectivity index (χ3v) is 3.00. The fourth-order valence-electron chi connectivity index (χ4n) is 1.67. The highest BCUT2D eigenvalue weighted by Crippen LogP contribution is 2.26. The molecule has 0 spiro atoms. The van der Waals surface area contributed by atoms with Crippen LogP contribution in [0.25, 0.3) is 0 Å². The summed E-state index contributed by atoms with van der Waals surface area (Å²) in [5.41, 5.74) is 0. The molecule has 1 saturated heterocycles. The molecule has 0 amide bonds. The van der Waals surface area contributed by atoms with Crippen molar-refractivity contribution < 1.29 is 14.2 Å². The van der Waals surface area contributed by atoms with Crippen LogP contribution in [0.1, 0.15) is 13.3 Å². The largest absolute Gasteiger partial charge is 0.493 e. The first kappa shape index (κ1) is 13.0. The Hall–Kier alpha value is -0.480. The van der Waals surface area contributed by atoms with Crippen molar-refractivity contribution in [2.45, 2.75) is 19.1 Å². The van der Waals surface area contributed by atoms with Crippen molar-refractivity contribution in [1.82, 2.24) is 0 Å². The average Bonchev–Trinajstić information content (AvgIpc) is 2.64. The van der Waals surface area contributed by atoms with Crippen LogP contribution in [0.4, 0.5) is 0 Å². The lowest BCUT2D eigenvalue weighted by Crippen LogP contribution is -2.27. The summed E-state index contributed by atoms with van der Waals surface area (Å²) in [6, 6.07) is 5.12. The number of rotatable bonds is 4. The van der Waals surface area contributed by atoms with Crippen LogP contribution in [-0.4, -0.2) is 25.6 Å². The molecule has 0 aromatic heterocycles. The van der Waals surface area contributed by atoms with E-state index in [0.717, 1.165) is 0 Å². The first-order valence-electron chi connectivity index (χ1n) is 5.44. The van der Waals surface area contributed by atoms with E-state index in [-0.39, 0.29) is 0 Å². The fraction of sp³-hybridized carbons (Fsp3) is 0.500. The maximum atomic E-state index is 5.87. The van der Waals surface area contributed by atoms with Crippen molar-refractivity contribution in [2.24, 2.45) is 0 Å². The van der Waals surface area contributed by atoms with Crippen molar-refractivity contribution in [3.63, 3.8) is 0 Å². The van der Waals surface area contributed by atoms with E-state index in [0.29, 0.717) is 42.0 Å². The second kappa shape index (κ2) is 5.44. The van der Waals surface area contributed by atoms with Gasteiger partial charge in [0.1, 0.15) is 5.75 Å². The standard InChI is InChI=1S/C12H14Cl2O3/c1-12(16-4-5-17-12)2-3-15-11-7-9(13)6-10(14)8-11/h6-8H,2-5H2,1H3. The number of benzene rings is 1. The summed E-state index contributed by atoms with van der Waals surface area (Å²) in [4.78, 5) is 0. The van der Waals surface area contributed by atoms with Gasteiger partial charge in [0.25, 0.3) is 0 Å². The van der Waals surface area contributed by atoms with E-state index in [4.69, 9.17) is 37.4 Å². The molecule has 1 aromatic rings. The monoisotopic (exact) mass is 276 g/mol. The molecule has 5 heteroatoms. The van der Waals surface area contributed by atoms with Gasteiger partial charge in [-0.1, -0.05) is 23.2 Å². The first-order chi connectivity index (χ1) is 8.07. The molecule has 94 valence electrons. The highest BCUT2D eigenvalue weighted by atomic mass is 35.5. The topological polar surface area (TPSA) is 27.7 Å². The van der Waals surface area contributed by atoms with E-state index in [2.05, 4.69) is 0 Å². The van der Waals surface area contributed by atoms with E-state index < -0.39 is 5.79 Å². The number of hydrogen-bond donors (Lipinski definition) is 0.